The topological polar surface area (TPSA) is 73.9 Å². The van der Waals surface area contributed by atoms with Gasteiger partial charge in [-0.3, -0.25) is 0 Å². The van der Waals surface area contributed by atoms with Gasteiger partial charge in [-0.1, -0.05) is 12.1 Å². The molecule has 2 aliphatic rings. The molecule has 0 bridgehead atoms. The van der Waals surface area contributed by atoms with Gasteiger partial charge in [-0.05, 0) is 18.6 Å². The summed E-state index contributed by atoms with van der Waals surface area (Å²) in [5.74, 6) is 0.761. The molecule has 1 aromatic rings. The maximum Gasteiger partial charge on any atom is 0.498 e. The van der Waals surface area contributed by atoms with Crippen molar-refractivity contribution >= 4 is 25.0 Å². The van der Waals surface area contributed by atoms with Crippen molar-refractivity contribution in [3.63, 3.8) is 0 Å². The van der Waals surface area contributed by atoms with E-state index in [2.05, 4.69) is 0 Å². The van der Waals surface area contributed by atoms with E-state index in [1.165, 1.54) is 0 Å². The predicted molar refractivity (Wildman–Crippen MR) is 74.0 cm³/mol. The molecule has 104 valence electrons. The first-order valence-corrected chi connectivity index (χ1v) is 6.15. The van der Waals surface area contributed by atoms with Crippen LogP contribution in [-0.4, -0.2) is 37.6 Å². The molecule has 2 heterocycles. The highest BCUT2D eigenvalue weighted by Gasteiger charge is 2.43. The molecule has 0 saturated carbocycles. The van der Waals surface area contributed by atoms with E-state index >= 15 is 0 Å². The van der Waals surface area contributed by atoms with Gasteiger partial charge < -0.3 is 24.9 Å². The summed E-state index contributed by atoms with van der Waals surface area (Å²) in [6.45, 7) is 2.40. The maximum atomic E-state index is 9.65. The lowest BCUT2D eigenvalue weighted by Gasteiger charge is -2.20. The third-order valence-electron chi connectivity index (χ3n) is 3.42. The van der Waals surface area contributed by atoms with Crippen LogP contribution in [0.25, 0.3) is 0 Å². The molecule has 0 aliphatic carbocycles. The molecule has 0 aromatic heterocycles. The molecule has 0 fully saturated rings. The average molecular weight is 286 g/mol. The van der Waals surface area contributed by atoms with Crippen molar-refractivity contribution < 1.29 is 19.2 Å². The van der Waals surface area contributed by atoms with Crippen LogP contribution in [0.1, 0.15) is 18.6 Å². The van der Waals surface area contributed by atoms with Gasteiger partial charge in [0.25, 0.3) is 0 Å². The van der Waals surface area contributed by atoms with Gasteiger partial charge in [0, 0.05) is 12.0 Å². The third kappa shape index (κ3) is 2.46. The van der Waals surface area contributed by atoms with Crippen molar-refractivity contribution in [3.8, 4) is 5.75 Å². The summed E-state index contributed by atoms with van der Waals surface area (Å²) in [5, 5.41) is 9.65. The number of nitrogens with two attached hydrogens (primary N) is 1. The normalized spacial score (nSPS) is 25.9. The molecule has 0 spiro atoms. The van der Waals surface area contributed by atoms with Crippen LogP contribution in [0.3, 0.4) is 0 Å². The van der Waals surface area contributed by atoms with Gasteiger partial charge in [0.2, 0.25) is 0 Å². The van der Waals surface area contributed by atoms with E-state index in [1.807, 2.05) is 18.2 Å². The lowest BCUT2D eigenvalue weighted by atomic mass is 9.77. The highest BCUT2D eigenvalue weighted by Crippen LogP contribution is 2.30. The minimum Gasteiger partial charge on any atom is -0.491 e. The Morgan fingerprint density at radius 2 is 2.26 bits per heavy atom. The Bertz CT molecular complexity index is 459. The van der Waals surface area contributed by atoms with Crippen molar-refractivity contribution in [1.82, 2.24) is 0 Å². The standard InChI is InChI=1S/C12H16BNO4.ClH/c1-7(15)11-6-16-9-4-2-3-8-10(5-14)17-13(18-11)12(8)9;/h2-4,7,10-11,15H,5-6,14H2,1H3;1H. The highest BCUT2D eigenvalue weighted by molar-refractivity contribution is 6.64. The van der Waals surface area contributed by atoms with Crippen LogP contribution in [-0.2, 0) is 9.31 Å². The lowest BCUT2D eigenvalue weighted by molar-refractivity contribution is 0.00452. The monoisotopic (exact) mass is 285 g/mol. The number of halogens is 1. The number of aliphatic hydroxyl groups is 1. The Labute approximate surface area is 118 Å². The first-order chi connectivity index (χ1) is 8.70. The summed E-state index contributed by atoms with van der Waals surface area (Å²) in [6, 6.07) is 5.79. The summed E-state index contributed by atoms with van der Waals surface area (Å²) in [5.41, 5.74) is 7.63. The highest BCUT2D eigenvalue weighted by atomic mass is 35.5. The van der Waals surface area contributed by atoms with E-state index < -0.39 is 19.3 Å². The van der Waals surface area contributed by atoms with E-state index in [0.717, 1.165) is 16.8 Å². The van der Waals surface area contributed by atoms with E-state index in [9.17, 15) is 5.11 Å². The zero-order valence-electron chi connectivity index (χ0n) is 10.6. The van der Waals surface area contributed by atoms with Crippen LogP contribution < -0.4 is 15.9 Å². The minimum atomic E-state index is -0.608. The average Bonchev–Trinajstić information content (AvgIpc) is 2.60. The lowest BCUT2D eigenvalue weighted by Crippen LogP contribution is -2.40. The van der Waals surface area contributed by atoms with Gasteiger partial charge in [-0.2, -0.15) is 0 Å². The number of aliphatic hydroxyl groups excluding tert-OH is 1. The number of hydrogen-bond acceptors (Lipinski definition) is 5. The maximum absolute atomic E-state index is 9.65. The number of hydrogen-bond donors (Lipinski definition) is 2. The number of rotatable bonds is 2. The van der Waals surface area contributed by atoms with Crippen molar-refractivity contribution in [2.24, 2.45) is 5.73 Å². The Morgan fingerprint density at radius 3 is 2.95 bits per heavy atom. The second-order valence-corrected chi connectivity index (χ2v) is 4.68. The summed E-state index contributed by atoms with van der Waals surface area (Å²) < 4.78 is 17.3. The van der Waals surface area contributed by atoms with Gasteiger partial charge in [-0.15, -0.1) is 12.4 Å². The van der Waals surface area contributed by atoms with Crippen LogP contribution in [0.5, 0.6) is 5.75 Å². The molecule has 1 aromatic carbocycles. The van der Waals surface area contributed by atoms with Gasteiger partial charge in [0.05, 0.1) is 12.2 Å². The van der Waals surface area contributed by atoms with Crippen molar-refractivity contribution in [2.75, 3.05) is 13.2 Å². The van der Waals surface area contributed by atoms with Crippen LogP contribution in [0.15, 0.2) is 18.2 Å². The van der Waals surface area contributed by atoms with Gasteiger partial charge in [0.1, 0.15) is 18.5 Å². The smallest absolute Gasteiger partial charge is 0.491 e. The fraction of sp³-hybridized carbons (Fsp3) is 0.500. The van der Waals surface area contributed by atoms with Crippen LogP contribution in [0, 0.1) is 0 Å². The summed E-state index contributed by atoms with van der Waals surface area (Å²) in [4.78, 5) is 0. The Kier molecular flexibility index (Phi) is 4.38. The van der Waals surface area contributed by atoms with E-state index in [1.54, 1.807) is 6.92 Å². The van der Waals surface area contributed by atoms with Crippen molar-refractivity contribution in [3.05, 3.63) is 23.8 Å². The van der Waals surface area contributed by atoms with Crippen LogP contribution in [0.4, 0.5) is 0 Å². The molecule has 3 rings (SSSR count). The first-order valence-electron chi connectivity index (χ1n) is 6.15. The molecular weight excluding hydrogens is 268 g/mol. The first kappa shape index (κ1) is 14.6. The SMILES string of the molecule is CC(O)C1COc2cccc3c2B(OC3CN)O1.Cl. The van der Waals surface area contributed by atoms with Crippen molar-refractivity contribution in [2.45, 2.75) is 25.2 Å². The molecule has 5 nitrogen and oxygen atoms in total. The Balaban J connectivity index is 0.00000133. The van der Waals surface area contributed by atoms with Crippen LogP contribution >= 0.6 is 12.4 Å². The van der Waals surface area contributed by atoms with E-state index in [-0.39, 0.29) is 18.5 Å². The number of benzene rings is 1. The second kappa shape index (κ2) is 5.69. The molecule has 0 amide bonds. The molecular formula is C12H17BClNO4. The quantitative estimate of drug-likeness (QED) is 0.748. The minimum absolute atomic E-state index is 0. The summed E-state index contributed by atoms with van der Waals surface area (Å²) >= 11 is 0. The van der Waals surface area contributed by atoms with E-state index in [4.69, 9.17) is 19.8 Å². The molecule has 0 radical (unpaired) electrons. The van der Waals surface area contributed by atoms with Crippen molar-refractivity contribution in [1.29, 1.82) is 0 Å². The molecule has 3 unspecified atom stereocenters. The molecule has 7 heteroatoms. The summed E-state index contributed by atoms with van der Waals surface area (Å²) in [6.07, 6.45) is -1.17. The van der Waals surface area contributed by atoms with E-state index in [0.29, 0.717) is 13.2 Å². The molecule has 3 atom stereocenters. The molecule has 2 aliphatic heterocycles. The fourth-order valence-corrected chi connectivity index (χ4v) is 2.42. The molecule has 3 N–H and O–H groups in total. The second-order valence-electron chi connectivity index (χ2n) is 4.68. The molecule has 0 saturated heterocycles. The predicted octanol–water partition coefficient (Wildman–Crippen LogP) is -0.00800. The van der Waals surface area contributed by atoms with Crippen LogP contribution in [0.2, 0.25) is 0 Å². The number of ether oxygens (including phenoxy) is 1. The third-order valence-corrected chi connectivity index (χ3v) is 3.42. The summed E-state index contributed by atoms with van der Waals surface area (Å²) in [7, 11) is -0.494. The van der Waals surface area contributed by atoms with Gasteiger partial charge >= 0.3 is 7.12 Å². The zero-order chi connectivity index (χ0) is 12.7. The largest absolute Gasteiger partial charge is 0.498 e. The van der Waals surface area contributed by atoms with Gasteiger partial charge in [-0.25, -0.2) is 0 Å². The Hall–Kier alpha value is -0.785. The fourth-order valence-electron chi connectivity index (χ4n) is 2.42. The zero-order valence-corrected chi connectivity index (χ0v) is 11.4. The molecule has 19 heavy (non-hydrogen) atoms. The Morgan fingerprint density at radius 1 is 1.47 bits per heavy atom. The van der Waals surface area contributed by atoms with Gasteiger partial charge in [0.15, 0.2) is 0 Å².